The normalized spacial score (nSPS) is 10.6. The minimum atomic E-state index is -0.176. The molecule has 0 fully saturated rings. The summed E-state index contributed by atoms with van der Waals surface area (Å²) in [4.78, 5) is 14.5. The van der Waals surface area contributed by atoms with Gasteiger partial charge in [0, 0.05) is 42.2 Å². The summed E-state index contributed by atoms with van der Waals surface area (Å²) in [5.74, 6) is 0.704. The second kappa shape index (κ2) is 8.21. The topological polar surface area (TPSA) is 71.3 Å². The molecule has 1 aromatic heterocycles. The molecule has 1 N–H and O–H groups in total. The molecule has 0 unspecified atom stereocenters. The largest absolute Gasteiger partial charge is 0.416 e. The van der Waals surface area contributed by atoms with Gasteiger partial charge in [0.25, 0.3) is 5.91 Å². The predicted octanol–water partition coefficient (Wildman–Crippen LogP) is 5.03. The van der Waals surface area contributed by atoms with Crippen LogP contribution >= 0.6 is 0 Å². The minimum absolute atomic E-state index is 0.176. The first kappa shape index (κ1) is 19.4. The molecule has 4 aromatic rings. The molecule has 0 aliphatic rings. The minimum Gasteiger partial charge on any atom is -0.416 e. The molecule has 1 amide bonds. The number of rotatable bonds is 5. The van der Waals surface area contributed by atoms with E-state index in [0.717, 1.165) is 22.5 Å². The van der Waals surface area contributed by atoms with Crippen LogP contribution in [0.15, 0.2) is 77.2 Å². The second-order valence-electron chi connectivity index (χ2n) is 7.25. The van der Waals surface area contributed by atoms with Gasteiger partial charge in [-0.15, -0.1) is 10.2 Å². The number of carbonyl (C=O) groups excluding carboxylic acids is 1. The number of benzene rings is 3. The molecule has 6 nitrogen and oxygen atoms in total. The average molecular weight is 398 g/mol. The smallest absolute Gasteiger partial charge is 0.255 e. The van der Waals surface area contributed by atoms with Crippen molar-refractivity contribution in [3.8, 4) is 22.9 Å². The number of amides is 1. The van der Waals surface area contributed by atoms with Gasteiger partial charge in [0.2, 0.25) is 11.8 Å². The van der Waals surface area contributed by atoms with Crippen LogP contribution in [0.4, 0.5) is 11.4 Å². The molecule has 0 saturated heterocycles. The van der Waals surface area contributed by atoms with Crippen LogP contribution in [0.3, 0.4) is 0 Å². The third-order valence-corrected chi connectivity index (χ3v) is 4.76. The Labute approximate surface area is 175 Å². The van der Waals surface area contributed by atoms with E-state index in [4.69, 9.17) is 4.42 Å². The maximum absolute atomic E-state index is 12.5. The number of anilines is 2. The highest BCUT2D eigenvalue weighted by Crippen LogP contribution is 2.24. The Balaban J connectivity index is 1.46. The van der Waals surface area contributed by atoms with Gasteiger partial charge in [-0.25, -0.2) is 0 Å². The van der Waals surface area contributed by atoms with Crippen LogP contribution < -0.4 is 10.2 Å². The first-order valence-electron chi connectivity index (χ1n) is 9.59. The lowest BCUT2D eigenvalue weighted by Gasteiger charge is -2.13. The summed E-state index contributed by atoms with van der Waals surface area (Å²) in [5.41, 5.74) is 5.16. The van der Waals surface area contributed by atoms with Crippen molar-refractivity contribution in [3.63, 3.8) is 0 Å². The van der Waals surface area contributed by atoms with E-state index in [9.17, 15) is 4.79 Å². The predicted molar refractivity (Wildman–Crippen MR) is 119 cm³/mol. The van der Waals surface area contributed by atoms with E-state index in [0.29, 0.717) is 17.3 Å². The Bertz CT molecular complexity index is 1150. The van der Waals surface area contributed by atoms with Gasteiger partial charge in [-0.05, 0) is 67.6 Å². The van der Waals surface area contributed by atoms with E-state index in [1.807, 2.05) is 74.4 Å². The fourth-order valence-electron chi connectivity index (χ4n) is 2.96. The third-order valence-electron chi connectivity index (χ3n) is 4.76. The van der Waals surface area contributed by atoms with Crippen LogP contribution in [0, 0.1) is 6.92 Å². The van der Waals surface area contributed by atoms with E-state index in [1.165, 1.54) is 5.56 Å². The molecule has 0 aliphatic carbocycles. The standard InChI is InChI=1S/C24H22N4O2/c1-16-4-6-18(7-5-16)23-26-27-24(30-23)19-10-8-17(9-11-19)22(29)25-20-12-14-21(15-13-20)28(2)3/h4-15H,1-3H3,(H,25,29). The molecule has 0 radical (unpaired) electrons. The summed E-state index contributed by atoms with van der Waals surface area (Å²) < 4.78 is 5.80. The summed E-state index contributed by atoms with van der Waals surface area (Å²) in [7, 11) is 3.95. The molecular formula is C24H22N4O2. The van der Waals surface area contributed by atoms with E-state index in [1.54, 1.807) is 24.3 Å². The monoisotopic (exact) mass is 398 g/mol. The molecule has 0 saturated carbocycles. The van der Waals surface area contributed by atoms with Gasteiger partial charge in [-0.2, -0.15) is 0 Å². The van der Waals surface area contributed by atoms with Crippen LogP contribution in [-0.2, 0) is 0 Å². The number of aromatic nitrogens is 2. The highest BCUT2D eigenvalue weighted by molar-refractivity contribution is 6.04. The molecule has 0 spiro atoms. The average Bonchev–Trinajstić information content (AvgIpc) is 3.25. The zero-order chi connectivity index (χ0) is 21.1. The molecule has 6 heteroatoms. The SMILES string of the molecule is Cc1ccc(-c2nnc(-c3ccc(C(=O)Nc4ccc(N(C)C)cc4)cc3)o2)cc1. The fourth-order valence-corrected chi connectivity index (χ4v) is 2.96. The molecular weight excluding hydrogens is 376 g/mol. The highest BCUT2D eigenvalue weighted by atomic mass is 16.4. The number of nitrogens with one attached hydrogen (secondary N) is 1. The molecule has 0 bridgehead atoms. The van der Waals surface area contributed by atoms with Crippen LogP contribution in [0.2, 0.25) is 0 Å². The maximum atomic E-state index is 12.5. The Hall–Kier alpha value is -3.93. The van der Waals surface area contributed by atoms with Crippen molar-refractivity contribution < 1.29 is 9.21 Å². The molecule has 0 aliphatic heterocycles. The lowest BCUT2D eigenvalue weighted by molar-refractivity contribution is 0.102. The van der Waals surface area contributed by atoms with Gasteiger partial charge >= 0.3 is 0 Å². The zero-order valence-electron chi connectivity index (χ0n) is 17.1. The molecule has 0 atom stereocenters. The van der Waals surface area contributed by atoms with Gasteiger partial charge in [0.15, 0.2) is 0 Å². The Morgan fingerprint density at radius 1 is 0.800 bits per heavy atom. The zero-order valence-corrected chi connectivity index (χ0v) is 17.1. The molecule has 4 rings (SSSR count). The van der Waals surface area contributed by atoms with Crippen molar-refractivity contribution in [2.24, 2.45) is 0 Å². The fraction of sp³-hybridized carbons (Fsp3) is 0.125. The Morgan fingerprint density at radius 3 is 1.87 bits per heavy atom. The Kier molecular flexibility index (Phi) is 5.30. The van der Waals surface area contributed by atoms with Crippen molar-refractivity contribution in [1.82, 2.24) is 10.2 Å². The van der Waals surface area contributed by atoms with Crippen LogP contribution in [0.1, 0.15) is 15.9 Å². The molecule has 150 valence electrons. The highest BCUT2D eigenvalue weighted by Gasteiger charge is 2.12. The first-order chi connectivity index (χ1) is 14.5. The van der Waals surface area contributed by atoms with Gasteiger partial charge in [-0.3, -0.25) is 4.79 Å². The van der Waals surface area contributed by atoms with E-state index in [-0.39, 0.29) is 5.91 Å². The van der Waals surface area contributed by atoms with Crippen LogP contribution in [0.5, 0.6) is 0 Å². The summed E-state index contributed by atoms with van der Waals surface area (Å²) in [6.07, 6.45) is 0. The lowest BCUT2D eigenvalue weighted by Crippen LogP contribution is -2.12. The summed E-state index contributed by atoms with van der Waals surface area (Å²) in [6.45, 7) is 2.03. The van der Waals surface area contributed by atoms with Crippen molar-refractivity contribution >= 4 is 17.3 Å². The number of aryl methyl sites for hydroxylation is 1. The second-order valence-corrected chi connectivity index (χ2v) is 7.25. The van der Waals surface area contributed by atoms with Gasteiger partial charge in [0.05, 0.1) is 0 Å². The van der Waals surface area contributed by atoms with Gasteiger partial charge < -0.3 is 14.6 Å². The summed E-state index contributed by atoms with van der Waals surface area (Å²) in [5, 5.41) is 11.2. The van der Waals surface area contributed by atoms with E-state index >= 15 is 0 Å². The molecule has 30 heavy (non-hydrogen) atoms. The third kappa shape index (κ3) is 4.22. The van der Waals surface area contributed by atoms with Crippen molar-refractivity contribution in [2.75, 3.05) is 24.3 Å². The number of nitrogens with zero attached hydrogens (tertiary/aromatic N) is 3. The van der Waals surface area contributed by atoms with Gasteiger partial charge in [0.1, 0.15) is 0 Å². The van der Waals surface area contributed by atoms with Gasteiger partial charge in [-0.1, -0.05) is 17.7 Å². The molecule has 3 aromatic carbocycles. The molecule has 1 heterocycles. The van der Waals surface area contributed by atoms with E-state index < -0.39 is 0 Å². The maximum Gasteiger partial charge on any atom is 0.255 e. The van der Waals surface area contributed by atoms with Crippen molar-refractivity contribution in [2.45, 2.75) is 6.92 Å². The van der Waals surface area contributed by atoms with Crippen LogP contribution in [0.25, 0.3) is 22.9 Å². The number of hydrogen-bond donors (Lipinski definition) is 1. The Morgan fingerprint density at radius 2 is 1.33 bits per heavy atom. The number of carbonyl (C=O) groups is 1. The quantitative estimate of drug-likeness (QED) is 0.510. The first-order valence-corrected chi connectivity index (χ1v) is 9.59. The van der Waals surface area contributed by atoms with Crippen LogP contribution in [-0.4, -0.2) is 30.2 Å². The lowest BCUT2D eigenvalue weighted by atomic mass is 10.1. The number of hydrogen-bond acceptors (Lipinski definition) is 5. The van der Waals surface area contributed by atoms with E-state index in [2.05, 4.69) is 15.5 Å². The van der Waals surface area contributed by atoms with Crippen molar-refractivity contribution in [1.29, 1.82) is 0 Å². The summed E-state index contributed by atoms with van der Waals surface area (Å²) >= 11 is 0. The van der Waals surface area contributed by atoms with Crippen molar-refractivity contribution in [3.05, 3.63) is 83.9 Å². The summed E-state index contributed by atoms with van der Waals surface area (Å²) in [6, 6.07) is 22.7.